The molecule has 1 saturated carbocycles. The third kappa shape index (κ3) is 4.40. The van der Waals surface area contributed by atoms with Crippen LogP contribution < -0.4 is 11.1 Å². The van der Waals surface area contributed by atoms with E-state index < -0.39 is 0 Å². The summed E-state index contributed by atoms with van der Waals surface area (Å²) in [6.45, 7) is 2.96. The van der Waals surface area contributed by atoms with E-state index in [0.29, 0.717) is 12.1 Å². The molecule has 0 aliphatic heterocycles. The highest BCUT2D eigenvalue weighted by Gasteiger charge is 2.17. The van der Waals surface area contributed by atoms with Crippen molar-refractivity contribution < 1.29 is 5.11 Å². The summed E-state index contributed by atoms with van der Waals surface area (Å²) in [5.74, 6) is 0. The van der Waals surface area contributed by atoms with Crippen LogP contribution in [0.3, 0.4) is 0 Å². The Morgan fingerprint density at radius 3 is 2.57 bits per heavy atom. The molecule has 1 atom stereocenters. The second kappa shape index (κ2) is 6.38. The summed E-state index contributed by atoms with van der Waals surface area (Å²) >= 11 is 0. The van der Waals surface area contributed by atoms with Gasteiger partial charge in [0, 0.05) is 12.1 Å². The van der Waals surface area contributed by atoms with Crippen LogP contribution in [0.5, 0.6) is 0 Å². The Hall–Kier alpha value is -0.120. The molecule has 0 spiro atoms. The topological polar surface area (TPSA) is 58.3 Å². The predicted octanol–water partition coefficient (Wildman–Crippen LogP) is 1.01. The van der Waals surface area contributed by atoms with Crippen LogP contribution >= 0.6 is 0 Å². The minimum Gasteiger partial charge on any atom is -0.393 e. The quantitative estimate of drug-likeness (QED) is 0.620. The lowest BCUT2D eigenvalue weighted by Crippen LogP contribution is -2.38. The third-order valence-corrected chi connectivity index (χ3v) is 3.15. The normalized spacial score (nSPS) is 30.2. The number of nitrogens with two attached hydrogens (primary N) is 1. The van der Waals surface area contributed by atoms with Crippen molar-refractivity contribution in [2.24, 2.45) is 5.73 Å². The number of hydrogen-bond donors (Lipinski definition) is 3. The van der Waals surface area contributed by atoms with Gasteiger partial charge in [-0.05, 0) is 45.1 Å². The summed E-state index contributed by atoms with van der Waals surface area (Å²) < 4.78 is 0. The van der Waals surface area contributed by atoms with Crippen molar-refractivity contribution in [1.82, 2.24) is 5.32 Å². The lowest BCUT2D eigenvalue weighted by Gasteiger charge is -2.27. The Morgan fingerprint density at radius 2 is 2.00 bits per heavy atom. The Labute approximate surface area is 87.1 Å². The fourth-order valence-corrected chi connectivity index (χ4v) is 1.98. The van der Waals surface area contributed by atoms with Gasteiger partial charge in [0.05, 0.1) is 6.10 Å². The molecule has 0 aromatic carbocycles. The predicted molar refractivity (Wildman–Crippen MR) is 59.1 cm³/mol. The maximum Gasteiger partial charge on any atom is 0.0549 e. The van der Waals surface area contributed by atoms with E-state index in [9.17, 15) is 5.11 Å². The maximum absolute atomic E-state index is 9.37. The van der Waals surface area contributed by atoms with Crippen molar-refractivity contribution >= 4 is 0 Å². The average molecular weight is 200 g/mol. The number of aliphatic hydroxyl groups is 1. The molecule has 0 aromatic heterocycles. The molecule has 0 bridgehead atoms. The van der Waals surface area contributed by atoms with Gasteiger partial charge in [-0.1, -0.05) is 6.92 Å². The summed E-state index contributed by atoms with van der Waals surface area (Å²) in [6, 6.07) is 1.06. The van der Waals surface area contributed by atoms with Crippen LogP contribution in [0.15, 0.2) is 0 Å². The van der Waals surface area contributed by atoms with Crippen molar-refractivity contribution in [1.29, 1.82) is 0 Å². The molecule has 1 aliphatic carbocycles. The fourth-order valence-electron chi connectivity index (χ4n) is 1.98. The Bertz CT molecular complexity index is 144. The minimum absolute atomic E-state index is 0.131. The molecule has 1 rings (SSSR count). The average Bonchev–Trinajstić information content (AvgIpc) is 2.21. The first-order valence-corrected chi connectivity index (χ1v) is 5.89. The van der Waals surface area contributed by atoms with Gasteiger partial charge in [-0.2, -0.15) is 0 Å². The summed E-state index contributed by atoms with van der Waals surface area (Å²) in [6.07, 6.45) is 6.29. The maximum atomic E-state index is 9.37. The zero-order valence-electron chi connectivity index (χ0n) is 9.21. The molecule has 4 N–H and O–H groups in total. The molecule has 1 aliphatic rings. The first-order valence-electron chi connectivity index (χ1n) is 5.89. The zero-order chi connectivity index (χ0) is 10.4. The van der Waals surface area contributed by atoms with Crippen molar-refractivity contribution in [3.8, 4) is 0 Å². The molecule has 0 aromatic rings. The van der Waals surface area contributed by atoms with Gasteiger partial charge in [0.25, 0.3) is 0 Å². The van der Waals surface area contributed by atoms with E-state index in [4.69, 9.17) is 5.73 Å². The molecule has 0 saturated heterocycles. The van der Waals surface area contributed by atoms with Crippen molar-refractivity contribution in [2.45, 2.75) is 63.6 Å². The molecule has 1 unspecified atom stereocenters. The van der Waals surface area contributed by atoms with Crippen LogP contribution in [-0.4, -0.2) is 29.8 Å². The SMILES string of the molecule is CCC(O)CCNC1CCC(N)CC1. The second-order valence-electron chi connectivity index (χ2n) is 4.42. The Balaban J connectivity index is 2.02. The van der Waals surface area contributed by atoms with Gasteiger partial charge in [0.15, 0.2) is 0 Å². The molecule has 1 fully saturated rings. The molecular formula is C11H24N2O. The molecule has 14 heavy (non-hydrogen) atoms. The van der Waals surface area contributed by atoms with Gasteiger partial charge in [-0.3, -0.25) is 0 Å². The van der Waals surface area contributed by atoms with Crippen LogP contribution in [0.4, 0.5) is 0 Å². The van der Waals surface area contributed by atoms with Gasteiger partial charge in [-0.15, -0.1) is 0 Å². The van der Waals surface area contributed by atoms with Gasteiger partial charge in [-0.25, -0.2) is 0 Å². The van der Waals surface area contributed by atoms with Gasteiger partial charge < -0.3 is 16.2 Å². The van der Waals surface area contributed by atoms with Gasteiger partial charge >= 0.3 is 0 Å². The van der Waals surface area contributed by atoms with Crippen LogP contribution in [-0.2, 0) is 0 Å². The zero-order valence-corrected chi connectivity index (χ0v) is 9.21. The first kappa shape index (κ1) is 12.0. The molecule has 0 amide bonds. The summed E-state index contributed by atoms with van der Waals surface area (Å²) in [5.41, 5.74) is 5.83. The highest BCUT2D eigenvalue weighted by molar-refractivity contribution is 4.78. The summed E-state index contributed by atoms with van der Waals surface area (Å²) in [4.78, 5) is 0. The summed E-state index contributed by atoms with van der Waals surface area (Å²) in [7, 11) is 0. The van der Waals surface area contributed by atoms with E-state index >= 15 is 0 Å². The van der Waals surface area contributed by atoms with Crippen molar-refractivity contribution in [3.63, 3.8) is 0 Å². The van der Waals surface area contributed by atoms with Crippen molar-refractivity contribution in [2.75, 3.05) is 6.54 Å². The lowest BCUT2D eigenvalue weighted by atomic mass is 9.92. The van der Waals surface area contributed by atoms with E-state index in [0.717, 1.165) is 32.2 Å². The van der Waals surface area contributed by atoms with E-state index in [1.165, 1.54) is 12.8 Å². The van der Waals surface area contributed by atoms with Gasteiger partial charge in [0.1, 0.15) is 0 Å². The minimum atomic E-state index is -0.131. The fraction of sp³-hybridized carbons (Fsp3) is 1.00. The van der Waals surface area contributed by atoms with Crippen LogP contribution in [0.2, 0.25) is 0 Å². The standard InChI is InChI=1S/C11H24N2O/c1-2-11(14)7-8-13-10-5-3-9(12)4-6-10/h9-11,13-14H,2-8,12H2,1H3. The molecule has 84 valence electrons. The lowest BCUT2D eigenvalue weighted by molar-refractivity contribution is 0.157. The van der Waals surface area contributed by atoms with Crippen molar-refractivity contribution in [3.05, 3.63) is 0 Å². The van der Waals surface area contributed by atoms with E-state index in [1.807, 2.05) is 6.92 Å². The van der Waals surface area contributed by atoms with Gasteiger partial charge in [0.2, 0.25) is 0 Å². The molecule has 3 nitrogen and oxygen atoms in total. The molecular weight excluding hydrogens is 176 g/mol. The smallest absolute Gasteiger partial charge is 0.0549 e. The highest BCUT2D eigenvalue weighted by Crippen LogP contribution is 2.16. The number of aliphatic hydroxyl groups excluding tert-OH is 1. The largest absolute Gasteiger partial charge is 0.393 e. The van der Waals surface area contributed by atoms with Crippen LogP contribution in [0.1, 0.15) is 45.4 Å². The Kier molecular flexibility index (Phi) is 5.45. The monoisotopic (exact) mass is 200 g/mol. The number of hydrogen-bond acceptors (Lipinski definition) is 3. The van der Waals surface area contributed by atoms with E-state index in [2.05, 4.69) is 5.32 Å². The number of rotatable bonds is 5. The molecule has 0 heterocycles. The van der Waals surface area contributed by atoms with E-state index in [-0.39, 0.29) is 6.10 Å². The third-order valence-electron chi connectivity index (χ3n) is 3.15. The first-order chi connectivity index (χ1) is 6.72. The molecule has 3 heteroatoms. The number of nitrogens with one attached hydrogen (secondary N) is 1. The van der Waals surface area contributed by atoms with Crippen LogP contribution in [0, 0.1) is 0 Å². The highest BCUT2D eigenvalue weighted by atomic mass is 16.3. The molecule has 0 radical (unpaired) electrons. The Morgan fingerprint density at radius 1 is 1.36 bits per heavy atom. The van der Waals surface area contributed by atoms with E-state index in [1.54, 1.807) is 0 Å². The second-order valence-corrected chi connectivity index (χ2v) is 4.42. The summed E-state index contributed by atoms with van der Waals surface area (Å²) in [5, 5.41) is 12.9. The van der Waals surface area contributed by atoms with Crippen LogP contribution in [0.25, 0.3) is 0 Å².